The highest BCUT2D eigenvalue weighted by Crippen LogP contribution is 2.31. The number of carbonyl (C=O) groups excluding carboxylic acids is 1. The zero-order valence-corrected chi connectivity index (χ0v) is 4.63. The van der Waals surface area contributed by atoms with E-state index in [1.54, 1.807) is 0 Å². The fourth-order valence-corrected chi connectivity index (χ4v) is 0.688. The van der Waals surface area contributed by atoms with E-state index in [1.165, 1.54) is 0 Å². The highest BCUT2D eigenvalue weighted by molar-refractivity contribution is 5.80. The number of hydrogen-bond donors (Lipinski definition) is 2. The molecule has 1 rings (SSSR count). The second-order valence-corrected chi connectivity index (χ2v) is 2.27. The number of rotatable bonds is 2. The average Bonchev–Trinajstić information content (AvgIpc) is 2.43. The van der Waals surface area contributed by atoms with E-state index < -0.39 is 0 Å². The van der Waals surface area contributed by atoms with Gasteiger partial charge in [-0.3, -0.25) is 4.79 Å². The van der Waals surface area contributed by atoms with E-state index in [9.17, 15) is 4.79 Å². The molecule has 8 heavy (non-hydrogen) atoms. The lowest BCUT2D eigenvalue weighted by Crippen LogP contribution is -2.37. The summed E-state index contributed by atoms with van der Waals surface area (Å²) in [5.41, 5.74) is 10.3. The molecule has 0 heterocycles. The van der Waals surface area contributed by atoms with Gasteiger partial charge in [0.25, 0.3) is 0 Å². The van der Waals surface area contributed by atoms with Gasteiger partial charge in [-0.25, -0.2) is 0 Å². The molecule has 1 atom stereocenters. The summed E-state index contributed by atoms with van der Waals surface area (Å²) in [6, 6.07) is -0.380. The standard InChI is InChI=1S/C5H10N2O/c6-4(5(7)8)3-1-2-3/h3-4H,1-2,6H2,(H2,7,8)/t4-/m1/s1. The second-order valence-electron chi connectivity index (χ2n) is 2.27. The molecule has 1 fully saturated rings. The minimum absolute atomic E-state index is 0.368. The summed E-state index contributed by atoms with van der Waals surface area (Å²) >= 11 is 0. The van der Waals surface area contributed by atoms with Crippen molar-refractivity contribution in [3.8, 4) is 0 Å². The lowest BCUT2D eigenvalue weighted by Gasteiger charge is -2.01. The van der Waals surface area contributed by atoms with Crippen molar-refractivity contribution in [2.45, 2.75) is 18.9 Å². The molecule has 0 bridgehead atoms. The number of primary amides is 1. The Morgan fingerprint density at radius 1 is 1.62 bits per heavy atom. The van der Waals surface area contributed by atoms with Crippen LogP contribution in [0.25, 0.3) is 0 Å². The van der Waals surface area contributed by atoms with Crippen LogP contribution < -0.4 is 11.5 Å². The largest absolute Gasteiger partial charge is 0.368 e. The summed E-state index contributed by atoms with van der Waals surface area (Å²) in [5, 5.41) is 0. The van der Waals surface area contributed by atoms with E-state index in [0.29, 0.717) is 5.92 Å². The Morgan fingerprint density at radius 3 is 2.25 bits per heavy atom. The Hall–Kier alpha value is -0.570. The average molecular weight is 114 g/mol. The van der Waals surface area contributed by atoms with Crippen LogP contribution in [-0.2, 0) is 4.79 Å². The third-order valence-corrected chi connectivity index (χ3v) is 1.46. The zero-order chi connectivity index (χ0) is 6.15. The zero-order valence-electron chi connectivity index (χ0n) is 4.63. The van der Waals surface area contributed by atoms with E-state index in [1.807, 2.05) is 0 Å². The lowest BCUT2D eigenvalue weighted by molar-refractivity contribution is -0.119. The van der Waals surface area contributed by atoms with Crippen LogP contribution in [-0.4, -0.2) is 11.9 Å². The molecule has 4 N–H and O–H groups in total. The molecule has 1 amide bonds. The Balaban J connectivity index is 2.32. The predicted octanol–water partition coefficient (Wildman–Crippen LogP) is -0.791. The first-order valence-corrected chi connectivity index (χ1v) is 2.76. The monoisotopic (exact) mass is 114 g/mol. The predicted molar refractivity (Wildman–Crippen MR) is 29.9 cm³/mol. The molecule has 0 aromatic rings. The molecule has 0 aliphatic heterocycles. The van der Waals surface area contributed by atoms with Crippen LogP contribution in [0.2, 0.25) is 0 Å². The van der Waals surface area contributed by atoms with E-state index >= 15 is 0 Å². The fourth-order valence-electron chi connectivity index (χ4n) is 0.688. The van der Waals surface area contributed by atoms with Gasteiger partial charge in [0.05, 0.1) is 6.04 Å². The minimum atomic E-state index is -0.380. The van der Waals surface area contributed by atoms with E-state index in [-0.39, 0.29) is 11.9 Å². The van der Waals surface area contributed by atoms with Gasteiger partial charge in [0.1, 0.15) is 0 Å². The normalized spacial score (nSPS) is 22.6. The fraction of sp³-hybridized carbons (Fsp3) is 0.800. The number of carbonyl (C=O) groups is 1. The van der Waals surface area contributed by atoms with Gasteiger partial charge < -0.3 is 11.5 Å². The Labute approximate surface area is 48.0 Å². The van der Waals surface area contributed by atoms with Gasteiger partial charge in [0.2, 0.25) is 5.91 Å². The third kappa shape index (κ3) is 0.980. The van der Waals surface area contributed by atoms with Crippen LogP contribution >= 0.6 is 0 Å². The summed E-state index contributed by atoms with van der Waals surface area (Å²) in [5.74, 6) is 0.0278. The van der Waals surface area contributed by atoms with Gasteiger partial charge in [0.15, 0.2) is 0 Å². The summed E-state index contributed by atoms with van der Waals surface area (Å²) in [6.07, 6.45) is 2.15. The van der Waals surface area contributed by atoms with Crippen molar-refractivity contribution in [1.29, 1.82) is 0 Å². The smallest absolute Gasteiger partial charge is 0.234 e. The van der Waals surface area contributed by atoms with Crippen molar-refractivity contribution >= 4 is 5.91 Å². The molecule has 0 aromatic carbocycles. The van der Waals surface area contributed by atoms with Crippen molar-refractivity contribution in [3.05, 3.63) is 0 Å². The SMILES string of the molecule is NC(=O)[C@H](N)C1CC1. The van der Waals surface area contributed by atoms with Crippen LogP contribution in [0.3, 0.4) is 0 Å². The molecule has 46 valence electrons. The maximum Gasteiger partial charge on any atom is 0.234 e. The number of hydrogen-bond acceptors (Lipinski definition) is 2. The van der Waals surface area contributed by atoms with Gasteiger partial charge in [-0.15, -0.1) is 0 Å². The first-order chi connectivity index (χ1) is 3.72. The van der Waals surface area contributed by atoms with Gasteiger partial charge >= 0.3 is 0 Å². The molecule has 0 radical (unpaired) electrons. The topological polar surface area (TPSA) is 69.1 Å². The number of nitrogens with two attached hydrogens (primary N) is 2. The maximum absolute atomic E-state index is 10.3. The van der Waals surface area contributed by atoms with Gasteiger partial charge in [0, 0.05) is 0 Å². The molecule has 3 heteroatoms. The van der Waals surface area contributed by atoms with Crippen LogP contribution in [0.5, 0.6) is 0 Å². The van der Waals surface area contributed by atoms with E-state index in [2.05, 4.69) is 0 Å². The van der Waals surface area contributed by atoms with Crippen molar-refractivity contribution < 1.29 is 4.79 Å². The third-order valence-electron chi connectivity index (χ3n) is 1.46. The quantitative estimate of drug-likeness (QED) is 0.494. The van der Waals surface area contributed by atoms with Crippen molar-refractivity contribution in [3.63, 3.8) is 0 Å². The molecular formula is C5H10N2O. The first kappa shape index (κ1) is 5.56. The van der Waals surface area contributed by atoms with Crippen LogP contribution in [0.15, 0.2) is 0 Å². The van der Waals surface area contributed by atoms with Crippen molar-refractivity contribution in [1.82, 2.24) is 0 Å². The molecule has 1 aliphatic rings. The Bertz CT molecular complexity index is 109. The van der Waals surface area contributed by atoms with Crippen LogP contribution in [0.4, 0.5) is 0 Å². The highest BCUT2D eigenvalue weighted by atomic mass is 16.1. The highest BCUT2D eigenvalue weighted by Gasteiger charge is 2.31. The van der Waals surface area contributed by atoms with Crippen molar-refractivity contribution in [2.24, 2.45) is 17.4 Å². The summed E-state index contributed by atoms with van der Waals surface area (Å²) in [7, 11) is 0. The van der Waals surface area contributed by atoms with Crippen molar-refractivity contribution in [2.75, 3.05) is 0 Å². The minimum Gasteiger partial charge on any atom is -0.368 e. The Kier molecular flexibility index (Phi) is 1.21. The van der Waals surface area contributed by atoms with Crippen LogP contribution in [0, 0.1) is 5.92 Å². The molecule has 1 saturated carbocycles. The molecule has 3 nitrogen and oxygen atoms in total. The summed E-state index contributed by atoms with van der Waals surface area (Å²) < 4.78 is 0. The van der Waals surface area contributed by atoms with Gasteiger partial charge in [-0.05, 0) is 18.8 Å². The summed E-state index contributed by atoms with van der Waals surface area (Å²) in [4.78, 5) is 10.3. The maximum atomic E-state index is 10.3. The molecule has 1 aliphatic carbocycles. The van der Waals surface area contributed by atoms with E-state index in [4.69, 9.17) is 11.5 Å². The summed E-state index contributed by atoms with van der Waals surface area (Å²) in [6.45, 7) is 0. The molecule has 0 unspecified atom stereocenters. The molecular weight excluding hydrogens is 104 g/mol. The molecule has 0 saturated heterocycles. The van der Waals surface area contributed by atoms with Gasteiger partial charge in [-0.2, -0.15) is 0 Å². The lowest BCUT2D eigenvalue weighted by atomic mass is 10.2. The Morgan fingerprint density at radius 2 is 2.12 bits per heavy atom. The van der Waals surface area contributed by atoms with Crippen LogP contribution in [0.1, 0.15) is 12.8 Å². The molecule has 0 aromatic heterocycles. The van der Waals surface area contributed by atoms with E-state index in [0.717, 1.165) is 12.8 Å². The molecule has 0 spiro atoms. The first-order valence-electron chi connectivity index (χ1n) is 2.76. The number of amides is 1. The van der Waals surface area contributed by atoms with Gasteiger partial charge in [-0.1, -0.05) is 0 Å². The second kappa shape index (κ2) is 1.74.